The molecule has 1 N–H and O–H groups in total. The zero-order valence-electron chi connectivity index (χ0n) is 14.1. The van der Waals surface area contributed by atoms with Crippen LogP contribution in [0.5, 0.6) is 11.5 Å². The summed E-state index contributed by atoms with van der Waals surface area (Å²) in [6, 6.07) is 6.96. The van der Waals surface area contributed by atoms with Gasteiger partial charge in [-0.3, -0.25) is 8.89 Å². The summed E-state index contributed by atoms with van der Waals surface area (Å²) in [6.07, 6.45) is 2.95. The minimum atomic E-state index is -1.21. The van der Waals surface area contributed by atoms with Gasteiger partial charge in [-0.1, -0.05) is 13.8 Å². The smallest absolute Gasteiger partial charge is 0.171 e. The minimum absolute atomic E-state index is 0.000155. The number of aliphatic hydroxyl groups excluding tert-OH is 1. The van der Waals surface area contributed by atoms with E-state index in [1.807, 2.05) is 13.8 Å². The largest absolute Gasteiger partial charge is 0.453 e. The van der Waals surface area contributed by atoms with E-state index in [1.54, 1.807) is 29.1 Å². The molecule has 0 radical (unpaired) electrons. The molecule has 0 fully saturated rings. The van der Waals surface area contributed by atoms with Crippen molar-refractivity contribution in [1.29, 1.82) is 5.26 Å². The van der Waals surface area contributed by atoms with E-state index >= 15 is 0 Å². The van der Waals surface area contributed by atoms with Gasteiger partial charge in [0.1, 0.15) is 11.4 Å². The van der Waals surface area contributed by atoms with Gasteiger partial charge < -0.3 is 9.84 Å². The first-order valence-electron chi connectivity index (χ1n) is 7.79. The van der Waals surface area contributed by atoms with Crippen LogP contribution < -0.4 is 4.74 Å². The lowest BCUT2D eigenvalue weighted by Gasteiger charge is -2.10. The number of benzene rings is 1. The number of aliphatic hydroxyl groups is 1. The maximum absolute atomic E-state index is 11.8. The van der Waals surface area contributed by atoms with Crippen LogP contribution in [-0.2, 0) is 30.2 Å². The maximum Gasteiger partial charge on any atom is 0.171 e. The quantitative estimate of drug-likeness (QED) is 0.831. The third-order valence-corrected chi connectivity index (χ3v) is 4.52. The molecule has 1 unspecified atom stereocenters. The number of nitriles is 1. The lowest BCUT2D eigenvalue weighted by atomic mass is 10.2. The first kappa shape index (κ1) is 18.2. The third-order valence-electron chi connectivity index (χ3n) is 3.62. The van der Waals surface area contributed by atoms with Gasteiger partial charge in [-0.05, 0) is 31.0 Å². The Labute approximate surface area is 144 Å². The second-order valence-corrected chi connectivity index (χ2v) is 6.62. The SMILES string of the molecule is CCc1nn(CCO)c(CC)c1Oc1cc(C#N)cc(S(C)=O)c1. The van der Waals surface area contributed by atoms with E-state index in [1.165, 1.54) is 0 Å². The summed E-state index contributed by atoms with van der Waals surface area (Å²) in [4.78, 5) is 0.544. The van der Waals surface area contributed by atoms with Gasteiger partial charge in [-0.25, -0.2) is 0 Å². The number of nitrogens with zero attached hydrogens (tertiary/aromatic N) is 3. The van der Waals surface area contributed by atoms with Crippen molar-refractivity contribution in [2.24, 2.45) is 0 Å². The van der Waals surface area contributed by atoms with Gasteiger partial charge in [0.25, 0.3) is 0 Å². The van der Waals surface area contributed by atoms with Crippen molar-refractivity contribution in [3.8, 4) is 17.6 Å². The Hall–Kier alpha value is -2.17. The standard InChI is InChI=1S/C17H21N3O3S/c1-4-15-17(16(5-2)20(19-15)6-7-21)23-13-8-12(11-18)9-14(10-13)24(3)22/h8-10,21H,4-7H2,1-3H3. The number of rotatable bonds is 7. The van der Waals surface area contributed by atoms with Gasteiger partial charge >= 0.3 is 0 Å². The van der Waals surface area contributed by atoms with Crippen LogP contribution in [0.3, 0.4) is 0 Å². The molecule has 1 atom stereocenters. The number of hydrogen-bond acceptors (Lipinski definition) is 5. The highest BCUT2D eigenvalue weighted by Crippen LogP contribution is 2.31. The van der Waals surface area contributed by atoms with Crippen LogP contribution in [0.15, 0.2) is 23.1 Å². The second kappa shape index (κ2) is 8.08. The zero-order valence-corrected chi connectivity index (χ0v) is 14.9. The predicted molar refractivity (Wildman–Crippen MR) is 91.6 cm³/mol. The van der Waals surface area contributed by atoms with E-state index < -0.39 is 10.8 Å². The molecule has 2 aromatic rings. The zero-order chi connectivity index (χ0) is 17.7. The van der Waals surface area contributed by atoms with Crippen LogP contribution in [0.1, 0.15) is 30.8 Å². The number of aromatic nitrogens is 2. The first-order chi connectivity index (χ1) is 11.5. The molecule has 6 nitrogen and oxygen atoms in total. The average Bonchev–Trinajstić information content (AvgIpc) is 2.91. The molecule has 0 saturated carbocycles. The van der Waals surface area contributed by atoms with E-state index in [0.717, 1.165) is 11.4 Å². The van der Waals surface area contributed by atoms with Gasteiger partial charge in [0.15, 0.2) is 5.75 Å². The van der Waals surface area contributed by atoms with Gasteiger partial charge in [0.2, 0.25) is 0 Å². The Balaban J connectivity index is 2.49. The molecule has 0 bridgehead atoms. The highest BCUT2D eigenvalue weighted by molar-refractivity contribution is 7.84. The normalized spacial score (nSPS) is 12.0. The molecule has 2 rings (SSSR count). The highest BCUT2D eigenvalue weighted by Gasteiger charge is 2.18. The molecule has 1 aromatic heterocycles. The van der Waals surface area contributed by atoms with Gasteiger partial charge in [-0.2, -0.15) is 10.4 Å². The number of aryl methyl sites for hydroxylation is 1. The predicted octanol–water partition coefficient (Wildman–Crippen LogP) is 2.40. The molecule has 0 saturated heterocycles. The van der Waals surface area contributed by atoms with Crippen molar-refractivity contribution in [3.05, 3.63) is 35.2 Å². The van der Waals surface area contributed by atoms with Crippen LogP contribution in [0.4, 0.5) is 0 Å². The average molecular weight is 347 g/mol. The topological polar surface area (TPSA) is 88.1 Å². The Morgan fingerprint density at radius 2 is 2.08 bits per heavy atom. The second-order valence-electron chi connectivity index (χ2n) is 5.24. The summed E-state index contributed by atoms with van der Waals surface area (Å²) < 4.78 is 19.5. The van der Waals surface area contributed by atoms with Crippen LogP contribution >= 0.6 is 0 Å². The number of ether oxygens (including phenoxy) is 1. The molecule has 0 aliphatic carbocycles. The van der Waals surface area contributed by atoms with Gasteiger partial charge in [-0.15, -0.1) is 0 Å². The Bertz CT molecular complexity index is 793. The van der Waals surface area contributed by atoms with E-state index in [0.29, 0.717) is 41.3 Å². The van der Waals surface area contributed by atoms with Gasteiger partial charge in [0, 0.05) is 22.0 Å². The molecule has 0 amide bonds. The fourth-order valence-electron chi connectivity index (χ4n) is 2.49. The molecule has 0 aliphatic heterocycles. The molecule has 128 valence electrons. The van der Waals surface area contributed by atoms with E-state index in [4.69, 9.17) is 10.00 Å². The van der Waals surface area contributed by atoms with Crippen molar-refractivity contribution in [3.63, 3.8) is 0 Å². The van der Waals surface area contributed by atoms with Crippen LogP contribution in [-0.4, -0.2) is 32.0 Å². The molecule has 0 aliphatic rings. The van der Waals surface area contributed by atoms with E-state index in [-0.39, 0.29) is 6.61 Å². The molecule has 1 heterocycles. The van der Waals surface area contributed by atoms with Crippen LogP contribution in [0.2, 0.25) is 0 Å². The summed E-state index contributed by atoms with van der Waals surface area (Å²) in [7, 11) is -1.21. The third kappa shape index (κ3) is 3.83. The lowest BCUT2D eigenvalue weighted by molar-refractivity contribution is 0.267. The highest BCUT2D eigenvalue weighted by atomic mass is 32.2. The van der Waals surface area contributed by atoms with Crippen molar-refractivity contribution in [1.82, 2.24) is 9.78 Å². The van der Waals surface area contributed by atoms with Crippen LogP contribution in [0.25, 0.3) is 0 Å². The molecule has 7 heteroatoms. The Morgan fingerprint density at radius 3 is 2.62 bits per heavy atom. The fourth-order valence-corrected chi connectivity index (χ4v) is 3.06. The van der Waals surface area contributed by atoms with Crippen LogP contribution in [0, 0.1) is 11.3 Å². The van der Waals surface area contributed by atoms with Crippen molar-refractivity contribution in [2.75, 3.05) is 12.9 Å². The lowest BCUT2D eigenvalue weighted by Crippen LogP contribution is -2.08. The summed E-state index contributed by atoms with van der Waals surface area (Å²) in [5, 5.41) is 22.8. The molecule has 24 heavy (non-hydrogen) atoms. The van der Waals surface area contributed by atoms with E-state index in [2.05, 4.69) is 11.2 Å². The Morgan fingerprint density at radius 1 is 1.33 bits per heavy atom. The molecular formula is C17H21N3O3S. The van der Waals surface area contributed by atoms with Crippen molar-refractivity contribution >= 4 is 10.8 Å². The first-order valence-corrected chi connectivity index (χ1v) is 9.35. The molecular weight excluding hydrogens is 326 g/mol. The molecule has 0 spiro atoms. The minimum Gasteiger partial charge on any atom is -0.453 e. The summed E-state index contributed by atoms with van der Waals surface area (Å²) >= 11 is 0. The monoisotopic (exact) mass is 347 g/mol. The van der Waals surface area contributed by atoms with Crippen molar-refractivity contribution < 1.29 is 14.1 Å². The summed E-state index contributed by atoms with van der Waals surface area (Å²) in [5.41, 5.74) is 2.08. The molecule has 1 aromatic carbocycles. The summed E-state index contributed by atoms with van der Waals surface area (Å²) in [5.74, 6) is 1.11. The maximum atomic E-state index is 11.8. The van der Waals surface area contributed by atoms with E-state index in [9.17, 15) is 9.32 Å². The Kier molecular flexibility index (Phi) is 6.12. The number of hydrogen-bond donors (Lipinski definition) is 1. The van der Waals surface area contributed by atoms with Crippen molar-refractivity contribution in [2.45, 2.75) is 38.1 Å². The summed E-state index contributed by atoms with van der Waals surface area (Å²) in [6.45, 7) is 4.38. The fraction of sp³-hybridized carbons (Fsp3) is 0.412. The van der Waals surface area contributed by atoms with Gasteiger partial charge in [0.05, 0.1) is 30.5 Å².